The minimum absolute atomic E-state index is 0.180. The summed E-state index contributed by atoms with van der Waals surface area (Å²) in [6.45, 7) is 0.570. The van der Waals surface area contributed by atoms with Gasteiger partial charge in [0.25, 0.3) is 0 Å². The van der Waals surface area contributed by atoms with Crippen LogP contribution < -0.4 is 10.5 Å². The predicted octanol–water partition coefficient (Wildman–Crippen LogP) is 1.64. The van der Waals surface area contributed by atoms with Crippen molar-refractivity contribution in [2.45, 2.75) is 6.42 Å². The molecule has 0 spiro atoms. The lowest BCUT2D eigenvalue weighted by molar-refractivity contribution is 0.0602. The number of carbonyl (C=O) groups excluding carboxylic acids is 1. The Kier molecular flexibility index (Phi) is 2.44. The summed E-state index contributed by atoms with van der Waals surface area (Å²) in [6.07, 6.45) is 0.765. The molecule has 0 atom stereocenters. The maximum atomic E-state index is 11.4. The van der Waals surface area contributed by atoms with Gasteiger partial charge in [0.15, 0.2) is 0 Å². The minimum atomic E-state index is -0.546. The average Bonchev–Trinajstić information content (AvgIpc) is 2.65. The highest BCUT2D eigenvalue weighted by Crippen LogP contribution is 2.38. The van der Waals surface area contributed by atoms with Crippen LogP contribution in [0, 0.1) is 0 Å². The first-order valence-corrected chi connectivity index (χ1v) is 4.85. The Bertz CT molecular complexity index is 431. The number of nitrogen functional groups attached to an aromatic ring is 1. The van der Waals surface area contributed by atoms with Crippen LogP contribution in [0.15, 0.2) is 6.07 Å². The van der Waals surface area contributed by atoms with Crippen molar-refractivity contribution >= 4 is 23.3 Å². The van der Waals surface area contributed by atoms with Crippen molar-refractivity contribution in [3.8, 4) is 5.75 Å². The van der Waals surface area contributed by atoms with Crippen LogP contribution in [-0.4, -0.2) is 19.7 Å². The fraction of sp³-hybridized carbons (Fsp3) is 0.300. The van der Waals surface area contributed by atoms with Crippen LogP contribution in [0.1, 0.15) is 15.9 Å². The van der Waals surface area contributed by atoms with Crippen LogP contribution in [0.4, 0.5) is 5.69 Å². The summed E-state index contributed by atoms with van der Waals surface area (Å²) in [4.78, 5) is 11.4. The highest BCUT2D eigenvalue weighted by Gasteiger charge is 2.24. The lowest BCUT2D eigenvalue weighted by atomic mass is 10.1. The summed E-state index contributed by atoms with van der Waals surface area (Å²) in [6, 6.07) is 1.70. The Labute approximate surface area is 91.9 Å². The van der Waals surface area contributed by atoms with Gasteiger partial charge >= 0.3 is 5.97 Å². The molecule has 80 valence electrons. The van der Waals surface area contributed by atoms with Crippen molar-refractivity contribution < 1.29 is 14.3 Å². The van der Waals surface area contributed by atoms with Crippen LogP contribution in [0.25, 0.3) is 0 Å². The molecule has 2 rings (SSSR count). The predicted molar refractivity (Wildman–Crippen MR) is 56.4 cm³/mol. The van der Waals surface area contributed by atoms with Crippen molar-refractivity contribution in [1.29, 1.82) is 0 Å². The van der Waals surface area contributed by atoms with Crippen LogP contribution in [-0.2, 0) is 11.2 Å². The third kappa shape index (κ3) is 1.51. The molecule has 1 aromatic carbocycles. The molecule has 1 aliphatic rings. The zero-order valence-corrected chi connectivity index (χ0v) is 8.93. The zero-order valence-electron chi connectivity index (χ0n) is 8.17. The summed E-state index contributed by atoms with van der Waals surface area (Å²) in [5, 5.41) is 0.309. The van der Waals surface area contributed by atoms with Gasteiger partial charge in [0, 0.05) is 12.0 Å². The Morgan fingerprint density at radius 3 is 3.07 bits per heavy atom. The van der Waals surface area contributed by atoms with Gasteiger partial charge in [-0.25, -0.2) is 4.79 Å². The number of hydrogen-bond acceptors (Lipinski definition) is 4. The standard InChI is InChI=1S/C10H10ClNO3/c1-14-10(13)7-6(11)4-5-2-3-15-9(5)8(7)12/h4H,2-3,12H2,1H3. The van der Waals surface area contributed by atoms with Crippen LogP contribution in [0.5, 0.6) is 5.75 Å². The Morgan fingerprint density at radius 1 is 1.67 bits per heavy atom. The van der Waals surface area contributed by atoms with E-state index in [4.69, 9.17) is 22.1 Å². The maximum absolute atomic E-state index is 11.4. The van der Waals surface area contributed by atoms with Crippen molar-refractivity contribution in [3.05, 3.63) is 22.2 Å². The van der Waals surface area contributed by atoms with Crippen molar-refractivity contribution in [2.24, 2.45) is 0 Å². The molecule has 4 nitrogen and oxygen atoms in total. The number of benzene rings is 1. The first-order valence-electron chi connectivity index (χ1n) is 4.47. The second-order valence-electron chi connectivity index (χ2n) is 3.23. The molecule has 5 heteroatoms. The number of fused-ring (bicyclic) bond motifs is 1. The number of esters is 1. The summed E-state index contributed by atoms with van der Waals surface area (Å²) >= 11 is 5.95. The number of rotatable bonds is 1. The van der Waals surface area contributed by atoms with Gasteiger partial charge in [0.05, 0.1) is 24.4 Å². The third-order valence-corrected chi connectivity index (χ3v) is 2.65. The smallest absolute Gasteiger partial charge is 0.341 e. The normalized spacial score (nSPS) is 13.2. The molecule has 0 aliphatic carbocycles. The van der Waals surface area contributed by atoms with E-state index >= 15 is 0 Å². The highest BCUT2D eigenvalue weighted by atomic mass is 35.5. The van der Waals surface area contributed by atoms with Crippen LogP contribution in [0.3, 0.4) is 0 Å². The number of nitrogens with two attached hydrogens (primary N) is 1. The number of carbonyl (C=O) groups is 1. The first kappa shape index (κ1) is 10.1. The summed E-state index contributed by atoms with van der Waals surface area (Å²) < 4.78 is 9.93. The Balaban J connectivity index is 2.61. The molecule has 0 saturated heterocycles. The molecule has 0 unspecified atom stereocenters. The largest absolute Gasteiger partial charge is 0.491 e. The number of anilines is 1. The van der Waals surface area contributed by atoms with Gasteiger partial charge in [-0.3, -0.25) is 0 Å². The molecule has 1 heterocycles. The van der Waals surface area contributed by atoms with Gasteiger partial charge in [-0.2, -0.15) is 0 Å². The van der Waals surface area contributed by atoms with E-state index in [1.165, 1.54) is 7.11 Å². The van der Waals surface area contributed by atoms with Crippen LogP contribution >= 0.6 is 11.6 Å². The quantitative estimate of drug-likeness (QED) is 0.585. The molecule has 0 radical (unpaired) electrons. The molecule has 1 aromatic rings. The first-order chi connectivity index (χ1) is 7.15. The minimum Gasteiger partial charge on any atom is -0.491 e. The Morgan fingerprint density at radius 2 is 2.40 bits per heavy atom. The molecule has 0 amide bonds. The lowest BCUT2D eigenvalue weighted by Crippen LogP contribution is -2.07. The SMILES string of the molecule is COC(=O)c1c(Cl)cc2c(c1N)OCC2. The number of methoxy groups -OCH3 is 1. The van der Waals surface area contributed by atoms with Crippen molar-refractivity contribution in [3.63, 3.8) is 0 Å². The van der Waals surface area contributed by atoms with Gasteiger partial charge in [-0.1, -0.05) is 11.6 Å². The second kappa shape index (κ2) is 3.62. The van der Waals surface area contributed by atoms with Gasteiger partial charge in [0.2, 0.25) is 0 Å². The molecule has 0 fully saturated rings. The van der Waals surface area contributed by atoms with E-state index in [9.17, 15) is 4.79 Å². The van der Waals surface area contributed by atoms with Gasteiger partial charge in [-0.05, 0) is 6.07 Å². The molecular formula is C10H10ClNO3. The molecule has 2 N–H and O–H groups in total. The van der Waals surface area contributed by atoms with Crippen molar-refractivity contribution in [1.82, 2.24) is 0 Å². The van der Waals surface area contributed by atoms with E-state index in [0.29, 0.717) is 17.4 Å². The Hall–Kier alpha value is -1.42. The number of ether oxygens (including phenoxy) is 2. The molecule has 15 heavy (non-hydrogen) atoms. The summed E-state index contributed by atoms with van der Waals surface area (Å²) in [5.41, 5.74) is 7.18. The fourth-order valence-electron chi connectivity index (χ4n) is 1.63. The molecular weight excluding hydrogens is 218 g/mol. The zero-order chi connectivity index (χ0) is 11.0. The van der Waals surface area contributed by atoms with Gasteiger partial charge < -0.3 is 15.2 Å². The molecule has 0 aromatic heterocycles. The summed E-state index contributed by atoms with van der Waals surface area (Å²) in [5.74, 6) is 0.00981. The molecule has 0 saturated carbocycles. The van der Waals surface area contributed by atoms with E-state index in [1.807, 2.05) is 0 Å². The lowest BCUT2D eigenvalue weighted by Gasteiger charge is -2.10. The van der Waals surface area contributed by atoms with Crippen LogP contribution in [0.2, 0.25) is 5.02 Å². The molecule has 0 bridgehead atoms. The maximum Gasteiger partial charge on any atom is 0.341 e. The topological polar surface area (TPSA) is 61.5 Å². The number of halogens is 1. The molecule has 1 aliphatic heterocycles. The second-order valence-corrected chi connectivity index (χ2v) is 3.63. The van der Waals surface area contributed by atoms with Gasteiger partial charge in [-0.15, -0.1) is 0 Å². The number of hydrogen-bond donors (Lipinski definition) is 1. The summed E-state index contributed by atoms with van der Waals surface area (Å²) in [7, 11) is 1.28. The monoisotopic (exact) mass is 227 g/mol. The van der Waals surface area contributed by atoms with Crippen molar-refractivity contribution in [2.75, 3.05) is 19.5 Å². The van der Waals surface area contributed by atoms with E-state index in [0.717, 1.165) is 12.0 Å². The van der Waals surface area contributed by atoms with E-state index in [2.05, 4.69) is 4.74 Å². The van der Waals surface area contributed by atoms with Gasteiger partial charge in [0.1, 0.15) is 11.3 Å². The fourth-order valence-corrected chi connectivity index (χ4v) is 1.95. The van der Waals surface area contributed by atoms with E-state index in [-0.39, 0.29) is 11.3 Å². The third-order valence-electron chi connectivity index (χ3n) is 2.35. The highest BCUT2D eigenvalue weighted by molar-refractivity contribution is 6.34. The van der Waals surface area contributed by atoms with E-state index < -0.39 is 5.97 Å². The van der Waals surface area contributed by atoms with E-state index in [1.54, 1.807) is 6.07 Å². The average molecular weight is 228 g/mol.